The van der Waals surface area contributed by atoms with Crippen LogP contribution in [0.5, 0.6) is 0 Å². The van der Waals surface area contributed by atoms with Gasteiger partial charge in [-0.25, -0.2) is 8.78 Å². The van der Waals surface area contributed by atoms with Crippen LogP contribution in [0.15, 0.2) is 6.20 Å². The molecule has 0 atom stereocenters. The maximum Gasteiger partial charge on any atom is 0.322 e. The van der Waals surface area contributed by atoms with Crippen molar-refractivity contribution in [3.8, 4) is 0 Å². The summed E-state index contributed by atoms with van der Waals surface area (Å²) >= 11 is 0. The molecule has 88 valence electrons. The van der Waals surface area contributed by atoms with Crippen LogP contribution in [0.3, 0.4) is 0 Å². The Balaban J connectivity index is 2.87. The van der Waals surface area contributed by atoms with Gasteiger partial charge in [-0.1, -0.05) is 0 Å². The molecule has 1 aromatic heterocycles. The minimum Gasteiger partial charge on any atom is -0.480 e. The normalized spacial score (nSPS) is 10.5. The maximum absolute atomic E-state index is 12.5. The van der Waals surface area contributed by atoms with Gasteiger partial charge in [0.2, 0.25) is 0 Å². The summed E-state index contributed by atoms with van der Waals surface area (Å²) in [5.41, 5.74) is -0.860. The maximum atomic E-state index is 12.5. The number of carboxylic acid groups (broad SMARTS) is 1. The highest BCUT2D eigenvalue weighted by atomic mass is 19.3. The second-order valence-corrected chi connectivity index (χ2v) is 2.94. The first kappa shape index (κ1) is 12.1. The summed E-state index contributed by atoms with van der Waals surface area (Å²) in [7, 11) is 1.27. The predicted molar refractivity (Wildman–Crippen MR) is 48.1 cm³/mol. The van der Waals surface area contributed by atoms with E-state index in [1.54, 1.807) is 0 Å². The van der Waals surface area contributed by atoms with Crippen LogP contribution in [-0.4, -0.2) is 33.3 Å². The van der Waals surface area contributed by atoms with E-state index in [-0.39, 0.29) is 5.56 Å². The van der Waals surface area contributed by atoms with Gasteiger partial charge in [0.15, 0.2) is 0 Å². The largest absolute Gasteiger partial charge is 0.480 e. The number of aliphatic carboxylic acids is 1. The number of nitrogens with one attached hydrogen (secondary N) is 1. The molecule has 0 aliphatic rings. The number of carbonyl (C=O) groups is 2. The number of rotatable bonds is 4. The van der Waals surface area contributed by atoms with Crippen molar-refractivity contribution in [1.29, 1.82) is 0 Å². The molecule has 1 amide bonds. The molecule has 0 spiro atoms. The minimum absolute atomic E-state index is 0.321. The Kier molecular flexibility index (Phi) is 3.54. The van der Waals surface area contributed by atoms with Crippen LogP contribution in [0.2, 0.25) is 0 Å². The molecule has 0 fully saturated rings. The van der Waals surface area contributed by atoms with Gasteiger partial charge in [0, 0.05) is 7.05 Å². The van der Waals surface area contributed by atoms with Crippen LogP contribution < -0.4 is 5.32 Å². The Morgan fingerprint density at radius 3 is 2.75 bits per heavy atom. The van der Waals surface area contributed by atoms with E-state index in [1.165, 1.54) is 7.05 Å². The lowest BCUT2D eigenvalue weighted by molar-refractivity contribution is -0.135. The summed E-state index contributed by atoms with van der Waals surface area (Å²) in [4.78, 5) is 21.5. The third-order valence-electron chi connectivity index (χ3n) is 1.84. The standard InChI is InChI=1S/C8H9F2N3O3/c1-13-6(7(9)10)4(2-12-13)8(16)11-3-5(14)15/h2,7H,3H2,1H3,(H,11,16)(H,14,15). The smallest absolute Gasteiger partial charge is 0.322 e. The molecule has 0 aromatic carbocycles. The molecule has 1 heterocycles. The van der Waals surface area contributed by atoms with Crippen LogP contribution >= 0.6 is 0 Å². The number of carboxylic acids is 1. The number of amides is 1. The van der Waals surface area contributed by atoms with Crippen molar-refractivity contribution >= 4 is 11.9 Å². The molecule has 0 aliphatic heterocycles. The zero-order valence-corrected chi connectivity index (χ0v) is 8.28. The molecule has 16 heavy (non-hydrogen) atoms. The summed E-state index contributed by atoms with van der Waals surface area (Å²) < 4.78 is 25.9. The highest BCUT2D eigenvalue weighted by molar-refractivity contribution is 5.96. The summed E-state index contributed by atoms with van der Waals surface area (Å²) in [6.07, 6.45) is -1.88. The Morgan fingerprint density at radius 1 is 1.62 bits per heavy atom. The summed E-state index contributed by atoms with van der Waals surface area (Å²) in [6.45, 7) is -0.629. The molecule has 1 aromatic rings. The van der Waals surface area contributed by atoms with Gasteiger partial charge in [0.05, 0.1) is 11.8 Å². The fourth-order valence-corrected chi connectivity index (χ4v) is 1.13. The monoisotopic (exact) mass is 233 g/mol. The summed E-state index contributed by atoms with van der Waals surface area (Å²) in [5, 5.41) is 13.8. The lowest BCUT2D eigenvalue weighted by atomic mass is 10.2. The first-order valence-corrected chi connectivity index (χ1v) is 4.23. The van der Waals surface area contributed by atoms with E-state index in [2.05, 4.69) is 5.10 Å². The van der Waals surface area contributed by atoms with Crippen molar-refractivity contribution in [2.24, 2.45) is 7.05 Å². The fourth-order valence-electron chi connectivity index (χ4n) is 1.13. The molecule has 0 saturated heterocycles. The van der Waals surface area contributed by atoms with E-state index < -0.39 is 30.5 Å². The van der Waals surface area contributed by atoms with Crippen LogP contribution in [0.4, 0.5) is 8.78 Å². The second-order valence-electron chi connectivity index (χ2n) is 2.94. The topological polar surface area (TPSA) is 84.2 Å². The molecule has 0 radical (unpaired) electrons. The van der Waals surface area contributed by atoms with Crippen molar-refractivity contribution < 1.29 is 23.5 Å². The molecule has 1 rings (SSSR count). The lowest BCUT2D eigenvalue weighted by Gasteiger charge is -2.04. The van der Waals surface area contributed by atoms with Crippen molar-refractivity contribution in [2.75, 3.05) is 6.54 Å². The van der Waals surface area contributed by atoms with Gasteiger partial charge in [0.1, 0.15) is 12.2 Å². The number of hydrogen-bond donors (Lipinski definition) is 2. The minimum atomic E-state index is -2.85. The van der Waals surface area contributed by atoms with Crippen LogP contribution in [0, 0.1) is 0 Å². The van der Waals surface area contributed by atoms with Crippen LogP contribution in [0.1, 0.15) is 22.5 Å². The van der Waals surface area contributed by atoms with Gasteiger partial charge in [-0.05, 0) is 0 Å². The van der Waals surface area contributed by atoms with Gasteiger partial charge >= 0.3 is 5.97 Å². The van der Waals surface area contributed by atoms with Crippen molar-refractivity contribution in [3.05, 3.63) is 17.5 Å². The Labute approximate surface area is 88.9 Å². The molecule has 6 nitrogen and oxygen atoms in total. The number of carbonyl (C=O) groups excluding carboxylic acids is 1. The average molecular weight is 233 g/mol. The van der Waals surface area contributed by atoms with Crippen LogP contribution in [-0.2, 0) is 11.8 Å². The molecule has 2 N–H and O–H groups in total. The highest BCUT2D eigenvalue weighted by Gasteiger charge is 2.23. The van der Waals surface area contributed by atoms with Crippen molar-refractivity contribution in [2.45, 2.75) is 6.43 Å². The Bertz CT molecular complexity index is 417. The zero-order valence-electron chi connectivity index (χ0n) is 8.28. The first-order valence-electron chi connectivity index (χ1n) is 4.23. The van der Waals surface area contributed by atoms with Gasteiger partial charge in [-0.3, -0.25) is 14.3 Å². The van der Waals surface area contributed by atoms with E-state index in [4.69, 9.17) is 5.11 Å². The quantitative estimate of drug-likeness (QED) is 0.776. The number of alkyl halides is 2. The van der Waals surface area contributed by atoms with Crippen molar-refractivity contribution in [1.82, 2.24) is 15.1 Å². The van der Waals surface area contributed by atoms with E-state index in [0.29, 0.717) is 0 Å². The van der Waals surface area contributed by atoms with E-state index in [0.717, 1.165) is 10.9 Å². The third kappa shape index (κ3) is 2.53. The lowest BCUT2D eigenvalue weighted by Crippen LogP contribution is -2.29. The van der Waals surface area contributed by atoms with Crippen molar-refractivity contribution in [3.63, 3.8) is 0 Å². The van der Waals surface area contributed by atoms with Gasteiger partial charge in [-0.15, -0.1) is 0 Å². The zero-order chi connectivity index (χ0) is 12.3. The van der Waals surface area contributed by atoms with Gasteiger partial charge < -0.3 is 10.4 Å². The molecule has 0 aliphatic carbocycles. The Morgan fingerprint density at radius 2 is 2.25 bits per heavy atom. The molecule has 0 bridgehead atoms. The second kappa shape index (κ2) is 4.69. The van der Waals surface area contributed by atoms with Gasteiger partial charge in [0.25, 0.3) is 12.3 Å². The molecular formula is C8H9F2N3O3. The summed E-state index contributed by atoms with van der Waals surface area (Å²) in [6, 6.07) is 0. The predicted octanol–water partition coefficient (Wildman–Crippen LogP) is 0.172. The van der Waals surface area contributed by atoms with E-state index in [1.807, 2.05) is 5.32 Å². The first-order chi connectivity index (χ1) is 7.43. The highest BCUT2D eigenvalue weighted by Crippen LogP contribution is 2.21. The molecular weight excluding hydrogens is 224 g/mol. The SMILES string of the molecule is Cn1ncc(C(=O)NCC(=O)O)c1C(F)F. The number of aromatic nitrogens is 2. The van der Waals surface area contributed by atoms with Crippen LogP contribution in [0.25, 0.3) is 0 Å². The number of nitrogens with zero attached hydrogens (tertiary/aromatic N) is 2. The summed E-state index contributed by atoms with van der Waals surface area (Å²) in [5.74, 6) is -2.14. The molecule has 0 saturated carbocycles. The number of hydrogen-bond acceptors (Lipinski definition) is 3. The number of aryl methyl sites for hydroxylation is 1. The van der Waals surface area contributed by atoms with E-state index >= 15 is 0 Å². The van der Waals surface area contributed by atoms with E-state index in [9.17, 15) is 18.4 Å². The third-order valence-corrected chi connectivity index (χ3v) is 1.84. The fraction of sp³-hybridized carbons (Fsp3) is 0.375. The molecule has 8 heteroatoms. The molecule has 0 unspecified atom stereocenters. The average Bonchev–Trinajstić information content (AvgIpc) is 2.56. The Hall–Kier alpha value is -1.99. The van der Waals surface area contributed by atoms with Gasteiger partial charge in [-0.2, -0.15) is 5.10 Å². The number of halogens is 2.